The molecular weight excluding hydrogens is 884 g/mol. The molecule has 0 aromatic heterocycles. The van der Waals surface area contributed by atoms with Gasteiger partial charge in [-0.3, -0.25) is 38.7 Å². The third kappa shape index (κ3) is 31.3. The molecule has 0 unspecified atom stereocenters. The van der Waals surface area contributed by atoms with E-state index in [-0.39, 0.29) is 79.2 Å². The van der Waals surface area contributed by atoms with Crippen LogP contribution in [0, 0.1) is 39.9 Å². The molecule has 319 valence electrons. The van der Waals surface area contributed by atoms with Crippen LogP contribution in [0.25, 0.3) is 0 Å². The molecule has 0 heterocycles. The second-order valence-corrected chi connectivity index (χ2v) is 11.4. The predicted octanol–water partition coefficient (Wildman–Crippen LogP) is -9.40. The number of nitrogens with zero attached hydrogens (tertiary/aromatic N) is 3. The van der Waals surface area contributed by atoms with Gasteiger partial charge in [0.05, 0.1) is 58.1 Å². The van der Waals surface area contributed by atoms with Crippen LogP contribution < -0.4 is 10.6 Å². The fourth-order valence-corrected chi connectivity index (χ4v) is 4.01. The first-order valence-corrected chi connectivity index (χ1v) is 15.8. The van der Waals surface area contributed by atoms with Gasteiger partial charge in [-0.1, -0.05) is 0 Å². The standard InChI is InChI=1S/C14H23N3O10.2C7H17NO5.Gd/c18-10(19)5-15(1-3-16(6-11(20)21)7-12(22)23)2-4-17(8-13(24)25)9-14(26)27;2*1-8-2-4(10)6(12)7(13)5(11)3-9;/h1-9H2,(H,18,19)(H,20,21)(H,22,23)(H,24,25)(H,26,27);2*4-13H,2-3H2,1H3;/q;;;+3/t;2*4-,5+,6+,7+;/m.00./s1. The molecule has 0 amide bonds. The molecule has 0 aliphatic carbocycles. The number of hydrogen-bond acceptors (Lipinski definition) is 20. The van der Waals surface area contributed by atoms with Crippen LogP contribution in [0.4, 0.5) is 0 Å². The molecule has 0 aromatic carbocycles. The Morgan fingerprint density at radius 1 is 0.426 bits per heavy atom. The molecule has 0 spiro atoms. The summed E-state index contributed by atoms with van der Waals surface area (Å²) < 4.78 is 0. The van der Waals surface area contributed by atoms with Crippen molar-refractivity contribution in [2.24, 2.45) is 0 Å². The number of likely N-dealkylation sites (N-methyl/N-ethyl adjacent to an activating group) is 2. The number of carboxylic acids is 5. The average Bonchev–Trinajstić information content (AvgIpc) is 3.06. The largest absolute Gasteiger partial charge is 3.00 e. The number of hydrogen-bond donors (Lipinski definition) is 17. The van der Waals surface area contributed by atoms with Crippen molar-refractivity contribution in [3.05, 3.63) is 0 Å². The van der Waals surface area contributed by atoms with E-state index < -0.39 is 125 Å². The molecule has 0 saturated carbocycles. The summed E-state index contributed by atoms with van der Waals surface area (Å²) in [6.07, 6.45) is -11.3. The summed E-state index contributed by atoms with van der Waals surface area (Å²) >= 11 is 0. The van der Waals surface area contributed by atoms with E-state index in [1.165, 1.54) is 4.90 Å². The Hall–Kier alpha value is -1.93. The monoisotopic (exact) mass is 941 g/mol. The molecule has 54 heavy (non-hydrogen) atoms. The van der Waals surface area contributed by atoms with Gasteiger partial charge in [0.25, 0.3) is 0 Å². The van der Waals surface area contributed by atoms with Crippen LogP contribution in [-0.4, -0.2) is 269 Å². The maximum Gasteiger partial charge on any atom is 3.00 e. The number of carbonyl (C=O) groups is 5. The Balaban J connectivity index is -0.000000387. The van der Waals surface area contributed by atoms with Crippen LogP contribution in [0.1, 0.15) is 0 Å². The maximum atomic E-state index is 11.0. The topological polar surface area (TPSA) is 423 Å². The molecular formula is C28H57GdN5O20+3. The zero-order chi connectivity index (χ0) is 41.8. The van der Waals surface area contributed by atoms with Gasteiger partial charge in [0.15, 0.2) is 0 Å². The van der Waals surface area contributed by atoms with E-state index in [9.17, 15) is 34.2 Å². The quantitative estimate of drug-likeness (QED) is 0.0346. The van der Waals surface area contributed by atoms with Crippen LogP contribution in [0.5, 0.6) is 0 Å². The summed E-state index contributed by atoms with van der Waals surface area (Å²) in [6.45, 7) is -3.87. The van der Waals surface area contributed by atoms with E-state index in [2.05, 4.69) is 10.6 Å². The summed E-state index contributed by atoms with van der Waals surface area (Å²) in [5, 5.41) is 139. The smallest absolute Gasteiger partial charge is 0.480 e. The number of aliphatic hydroxyl groups is 10. The van der Waals surface area contributed by atoms with E-state index in [0.717, 1.165) is 9.80 Å². The number of aliphatic carboxylic acids is 5. The second-order valence-electron chi connectivity index (χ2n) is 11.4. The van der Waals surface area contributed by atoms with Crippen molar-refractivity contribution in [1.82, 2.24) is 25.3 Å². The molecule has 0 bridgehead atoms. The third-order valence-corrected chi connectivity index (χ3v) is 6.74. The fraction of sp³-hybridized carbons (Fsp3) is 0.821. The molecule has 17 N–H and O–H groups in total. The Morgan fingerprint density at radius 2 is 0.630 bits per heavy atom. The predicted molar refractivity (Wildman–Crippen MR) is 178 cm³/mol. The minimum Gasteiger partial charge on any atom is -0.480 e. The maximum absolute atomic E-state index is 11.0. The Morgan fingerprint density at radius 3 is 0.833 bits per heavy atom. The zero-order valence-electron chi connectivity index (χ0n) is 29.8. The van der Waals surface area contributed by atoms with E-state index in [1.54, 1.807) is 14.1 Å². The van der Waals surface area contributed by atoms with E-state index >= 15 is 0 Å². The number of nitrogens with one attached hydrogen (secondary N) is 2. The average molecular weight is 941 g/mol. The van der Waals surface area contributed by atoms with Crippen LogP contribution in [-0.2, 0) is 24.0 Å². The normalized spacial score (nSPS) is 15.5. The number of rotatable bonds is 28. The minimum absolute atomic E-state index is 0. The van der Waals surface area contributed by atoms with Gasteiger partial charge in [-0.25, -0.2) is 0 Å². The third-order valence-electron chi connectivity index (χ3n) is 6.74. The zero-order valence-corrected chi connectivity index (χ0v) is 32.0. The Kier molecular flexibility index (Phi) is 37.4. The second kappa shape index (κ2) is 34.3. The Bertz CT molecular complexity index is 937. The van der Waals surface area contributed by atoms with Gasteiger partial charge < -0.3 is 87.2 Å². The van der Waals surface area contributed by atoms with E-state index in [0.29, 0.717) is 0 Å². The van der Waals surface area contributed by atoms with Crippen molar-refractivity contribution in [1.29, 1.82) is 0 Å². The van der Waals surface area contributed by atoms with Gasteiger partial charge >= 0.3 is 69.8 Å². The van der Waals surface area contributed by atoms with Gasteiger partial charge in [-0.2, -0.15) is 0 Å². The number of carboxylic acid groups (broad SMARTS) is 5. The van der Waals surface area contributed by atoms with Crippen LogP contribution in [0.3, 0.4) is 0 Å². The number of aliphatic hydroxyl groups excluding tert-OH is 10. The molecule has 0 aliphatic heterocycles. The van der Waals surface area contributed by atoms with Crippen LogP contribution >= 0.6 is 0 Å². The summed E-state index contributed by atoms with van der Waals surface area (Å²) in [6, 6.07) is 0. The van der Waals surface area contributed by atoms with Crippen LogP contribution in [0.2, 0.25) is 0 Å². The molecule has 8 atom stereocenters. The van der Waals surface area contributed by atoms with Gasteiger partial charge in [-0.15, -0.1) is 0 Å². The van der Waals surface area contributed by atoms with Gasteiger partial charge in [-0.05, 0) is 14.1 Å². The summed E-state index contributed by atoms with van der Waals surface area (Å²) in [5.74, 6) is -6.16. The van der Waals surface area contributed by atoms with Gasteiger partial charge in [0.1, 0.15) is 36.6 Å². The van der Waals surface area contributed by atoms with Crippen LogP contribution in [0.15, 0.2) is 0 Å². The molecule has 0 aromatic rings. The Labute approximate surface area is 342 Å². The molecule has 0 saturated heterocycles. The minimum atomic E-state index is -1.55. The molecule has 25 nitrogen and oxygen atoms in total. The first kappa shape index (κ1) is 58.8. The molecule has 0 rings (SSSR count). The molecule has 0 aliphatic rings. The molecule has 26 heteroatoms. The fourth-order valence-electron chi connectivity index (χ4n) is 4.01. The van der Waals surface area contributed by atoms with E-state index in [1.807, 2.05) is 0 Å². The SMILES string of the molecule is CNC[C@H](O)[C@@H](O)[C@H](O)[C@H](O)CO.CNC[C@H](O)[C@@H](O)[C@H](O)[C@H](O)CO.O=C(O)CN(CCN(CC(=O)O)CC(=O)O)CCN(CC(=O)O)CC(=O)O.[Gd+3]. The van der Waals surface area contributed by atoms with Crippen molar-refractivity contribution in [3.63, 3.8) is 0 Å². The molecule has 0 fully saturated rings. The summed E-state index contributed by atoms with van der Waals surface area (Å²) in [7, 11) is 3.15. The first-order valence-electron chi connectivity index (χ1n) is 15.8. The van der Waals surface area contributed by atoms with Crippen molar-refractivity contribution < 1.29 is 141 Å². The van der Waals surface area contributed by atoms with E-state index in [4.69, 9.17) is 66.4 Å². The molecule has 1 radical (unpaired) electrons. The van der Waals surface area contributed by atoms with Gasteiger partial charge in [0, 0.05) is 39.3 Å². The first-order chi connectivity index (χ1) is 24.6. The summed E-state index contributed by atoms with van der Waals surface area (Å²) in [5.41, 5.74) is 0. The summed E-state index contributed by atoms with van der Waals surface area (Å²) in [4.78, 5) is 57.6. The van der Waals surface area contributed by atoms with Crippen molar-refractivity contribution in [2.75, 3.05) is 99.3 Å². The van der Waals surface area contributed by atoms with Crippen molar-refractivity contribution >= 4 is 29.8 Å². The van der Waals surface area contributed by atoms with Gasteiger partial charge in [0.2, 0.25) is 0 Å². The van der Waals surface area contributed by atoms with Crippen molar-refractivity contribution in [2.45, 2.75) is 48.8 Å². The van der Waals surface area contributed by atoms with Crippen molar-refractivity contribution in [3.8, 4) is 0 Å².